The normalized spacial score (nSPS) is 15.7. The van der Waals surface area contributed by atoms with Gasteiger partial charge in [0.25, 0.3) is 0 Å². The summed E-state index contributed by atoms with van der Waals surface area (Å²) >= 11 is 0. The van der Waals surface area contributed by atoms with Crippen LogP contribution < -0.4 is 5.73 Å². The molecule has 72 valence electrons. The summed E-state index contributed by atoms with van der Waals surface area (Å²) in [5.74, 6) is 0. The van der Waals surface area contributed by atoms with Crippen LogP contribution >= 0.6 is 0 Å². The fourth-order valence-electron chi connectivity index (χ4n) is 1.33. The molecule has 0 aliphatic carbocycles. The molecule has 0 aromatic heterocycles. The van der Waals surface area contributed by atoms with E-state index in [2.05, 4.69) is 13.5 Å². The van der Waals surface area contributed by atoms with Crippen LogP contribution in [0.15, 0.2) is 12.2 Å². The summed E-state index contributed by atoms with van der Waals surface area (Å²) in [5, 5.41) is 0. The second-order valence-corrected chi connectivity index (χ2v) is 3.39. The van der Waals surface area contributed by atoms with Crippen molar-refractivity contribution in [2.45, 2.75) is 45.3 Å². The highest BCUT2D eigenvalue weighted by Gasteiger charge is 2.15. The minimum Gasteiger partial charge on any atom is -0.380 e. The molecule has 0 spiro atoms. The van der Waals surface area contributed by atoms with Gasteiger partial charge in [0.05, 0.1) is 6.10 Å². The zero-order chi connectivity index (χ0) is 9.56. The highest BCUT2D eigenvalue weighted by molar-refractivity contribution is 4.94. The summed E-state index contributed by atoms with van der Waals surface area (Å²) in [4.78, 5) is 0. The molecular formula is C10H21NO. The van der Waals surface area contributed by atoms with Crippen molar-refractivity contribution in [1.82, 2.24) is 0 Å². The Balaban J connectivity index is 3.84. The van der Waals surface area contributed by atoms with Crippen LogP contribution in [0.4, 0.5) is 0 Å². The zero-order valence-corrected chi connectivity index (χ0v) is 8.47. The molecule has 2 N–H and O–H groups in total. The molecule has 0 aliphatic heterocycles. The summed E-state index contributed by atoms with van der Waals surface area (Å²) in [6.45, 7) is 7.97. The van der Waals surface area contributed by atoms with Crippen molar-refractivity contribution >= 4 is 0 Å². The predicted octanol–water partition coefficient (Wildman–Crippen LogP) is 2.09. The van der Waals surface area contributed by atoms with E-state index in [4.69, 9.17) is 10.5 Å². The van der Waals surface area contributed by atoms with Gasteiger partial charge in [-0.1, -0.05) is 18.9 Å². The zero-order valence-electron chi connectivity index (χ0n) is 8.47. The molecule has 0 aromatic carbocycles. The highest BCUT2D eigenvalue weighted by atomic mass is 16.5. The third-order valence-corrected chi connectivity index (χ3v) is 1.94. The van der Waals surface area contributed by atoms with E-state index < -0.39 is 0 Å². The molecule has 0 fully saturated rings. The first-order valence-corrected chi connectivity index (χ1v) is 4.54. The summed E-state index contributed by atoms with van der Waals surface area (Å²) < 4.78 is 5.29. The van der Waals surface area contributed by atoms with Crippen molar-refractivity contribution in [3.05, 3.63) is 12.2 Å². The molecule has 2 nitrogen and oxygen atoms in total. The molecule has 0 saturated carbocycles. The van der Waals surface area contributed by atoms with Crippen LogP contribution in [0.5, 0.6) is 0 Å². The van der Waals surface area contributed by atoms with Gasteiger partial charge in [-0.3, -0.25) is 0 Å². The molecule has 2 atom stereocenters. The first kappa shape index (κ1) is 11.7. The monoisotopic (exact) mass is 171 g/mol. The van der Waals surface area contributed by atoms with Gasteiger partial charge >= 0.3 is 0 Å². The fraction of sp³-hybridized carbons (Fsp3) is 0.800. The molecule has 0 saturated heterocycles. The minimum atomic E-state index is 0.104. The van der Waals surface area contributed by atoms with E-state index in [0.717, 1.165) is 24.8 Å². The van der Waals surface area contributed by atoms with Gasteiger partial charge in [0.15, 0.2) is 0 Å². The lowest BCUT2D eigenvalue weighted by molar-refractivity contribution is 0.0727. The standard InChI is InChI=1S/C10H21NO/c1-5-6-10(12-4)9(11)7-8(2)3/h9-10H,2,5-7,11H2,1,3-4H3. The third kappa shape index (κ3) is 4.52. The van der Waals surface area contributed by atoms with Gasteiger partial charge in [-0.15, -0.1) is 6.58 Å². The SMILES string of the molecule is C=C(C)CC(N)C(CCC)OC. The van der Waals surface area contributed by atoms with Gasteiger partial charge in [0, 0.05) is 13.2 Å². The molecule has 0 rings (SSSR count). The molecule has 12 heavy (non-hydrogen) atoms. The van der Waals surface area contributed by atoms with E-state index in [1.807, 2.05) is 6.92 Å². The molecule has 2 heteroatoms. The highest BCUT2D eigenvalue weighted by Crippen LogP contribution is 2.10. The Kier molecular flexibility index (Phi) is 6.03. The van der Waals surface area contributed by atoms with Crippen molar-refractivity contribution < 1.29 is 4.74 Å². The van der Waals surface area contributed by atoms with Gasteiger partial charge in [-0.05, 0) is 19.8 Å². The Hall–Kier alpha value is -0.340. The number of methoxy groups -OCH3 is 1. The number of hydrogen-bond donors (Lipinski definition) is 1. The maximum absolute atomic E-state index is 5.93. The van der Waals surface area contributed by atoms with E-state index in [9.17, 15) is 0 Å². The quantitative estimate of drug-likeness (QED) is 0.621. The second kappa shape index (κ2) is 6.21. The van der Waals surface area contributed by atoms with Crippen LogP contribution in [0.2, 0.25) is 0 Å². The fourth-order valence-corrected chi connectivity index (χ4v) is 1.33. The first-order chi connectivity index (χ1) is 5.61. The molecule has 0 amide bonds. The Morgan fingerprint density at radius 3 is 2.50 bits per heavy atom. The maximum atomic E-state index is 5.93. The molecule has 0 bridgehead atoms. The van der Waals surface area contributed by atoms with Crippen molar-refractivity contribution in [2.24, 2.45) is 5.73 Å². The molecule has 2 unspecified atom stereocenters. The van der Waals surface area contributed by atoms with Crippen LogP contribution in [0.1, 0.15) is 33.1 Å². The van der Waals surface area contributed by atoms with Crippen molar-refractivity contribution in [2.75, 3.05) is 7.11 Å². The third-order valence-electron chi connectivity index (χ3n) is 1.94. The average Bonchev–Trinajstić information content (AvgIpc) is 1.98. The Morgan fingerprint density at radius 1 is 1.58 bits per heavy atom. The van der Waals surface area contributed by atoms with Gasteiger partial charge in [-0.25, -0.2) is 0 Å². The topological polar surface area (TPSA) is 35.2 Å². The number of nitrogens with two attached hydrogens (primary N) is 1. The lowest BCUT2D eigenvalue weighted by Gasteiger charge is -2.21. The van der Waals surface area contributed by atoms with E-state index >= 15 is 0 Å². The first-order valence-electron chi connectivity index (χ1n) is 4.54. The smallest absolute Gasteiger partial charge is 0.0725 e. The van der Waals surface area contributed by atoms with Crippen molar-refractivity contribution in [3.8, 4) is 0 Å². The summed E-state index contributed by atoms with van der Waals surface area (Å²) in [5.41, 5.74) is 7.06. The van der Waals surface area contributed by atoms with E-state index in [-0.39, 0.29) is 12.1 Å². The Morgan fingerprint density at radius 2 is 2.17 bits per heavy atom. The average molecular weight is 171 g/mol. The van der Waals surface area contributed by atoms with E-state index in [1.165, 1.54) is 0 Å². The molecular weight excluding hydrogens is 150 g/mol. The lowest BCUT2D eigenvalue weighted by Crippen LogP contribution is -2.36. The number of rotatable bonds is 6. The van der Waals surface area contributed by atoms with Crippen LogP contribution in [0, 0.1) is 0 Å². The van der Waals surface area contributed by atoms with Gasteiger partial charge < -0.3 is 10.5 Å². The molecule has 0 radical (unpaired) electrons. The van der Waals surface area contributed by atoms with Crippen LogP contribution in [-0.2, 0) is 4.74 Å². The van der Waals surface area contributed by atoms with Crippen LogP contribution in [0.25, 0.3) is 0 Å². The number of ether oxygens (including phenoxy) is 1. The van der Waals surface area contributed by atoms with Crippen molar-refractivity contribution in [3.63, 3.8) is 0 Å². The second-order valence-electron chi connectivity index (χ2n) is 3.39. The van der Waals surface area contributed by atoms with E-state index in [0.29, 0.717) is 0 Å². The molecule has 0 aromatic rings. The van der Waals surface area contributed by atoms with Gasteiger partial charge in [-0.2, -0.15) is 0 Å². The Bertz CT molecular complexity index is 134. The van der Waals surface area contributed by atoms with Gasteiger partial charge in [0.2, 0.25) is 0 Å². The largest absolute Gasteiger partial charge is 0.380 e. The summed E-state index contributed by atoms with van der Waals surface area (Å²) in [6.07, 6.45) is 3.19. The Labute approximate surface area is 75.8 Å². The van der Waals surface area contributed by atoms with Crippen molar-refractivity contribution in [1.29, 1.82) is 0 Å². The van der Waals surface area contributed by atoms with Crippen LogP contribution in [-0.4, -0.2) is 19.3 Å². The summed E-state index contributed by atoms with van der Waals surface area (Å²) in [6, 6.07) is 0.104. The number of hydrogen-bond acceptors (Lipinski definition) is 2. The predicted molar refractivity (Wildman–Crippen MR) is 53.1 cm³/mol. The maximum Gasteiger partial charge on any atom is 0.0725 e. The molecule has 0 aliphatic rings. The lowest BCUT2D eigenvalue weighted by atomic mass is 10.0. The summed E-state index contributed by atoms with van der Waals surface area (Å²) in [7, 11) is 1.72. The molecule has 0 heterocycles. The van der Waals surface area contributed by atoms with E-state index in [1.54, 1.807) is 7.11 Å². The minimum absolute atomic E-state index is 0.104. The van der Waals surface area contributed by atoms with Gasteiger partial charge in [0.1, 0.15) is 0 Å². The van der Waals surface area contributed by atoms with Crippen LogP contribution in [0.3, 0.4) is 0 Å².